The maximum absolute atomic E-state index is 5.12. The van der Waals surface area contributed by atoms with E-state index < -0.39 is 0 Å². The van der Waals surface area contributed by atoms with E-state index >= 15 is 0 Å². The summed E-state index contributed by atoms with van der Waals surface area (Å²) in [6.07, 6.45) is 3.62. The Labute approximate surface area is 84.5 Å². The molecule has 0 unspecified atom stereocenters. The fourth-order valence-corrected chi connectivity index (χ4v) is 1.96. The van der Waals surface area contributed by atoms with Gasteiger partial charge in [-0.2, -0.15) is 0 Å². The Bertz CT molecular complexity index is 315. The maximum atomic E-state index is 5.12. The third-order valence-corrected chi connectivity index (χ3v) is 3.11. The molecule has 76 valence electrons. The monoisotopic (exact) mass is 192 g/mol. The van der Waals surface area contributed by atoms with E-state index in [0.29, 0.717) is 5.88 Å². The highest BCUT2D eigenvalue weighted by Crippen LogP contribution is 2.40. The molecule has 1 heterocycles. The molecule has 1 aliphatic rings. The predicted octanol–water partition coefficient (Wildman–Crippen LogP) is 1.69. The molecule has 1 aromatic rings. The minimum Gasteiger partial charge on any atom is -0.481 e. The average molecular weight is 192 g/mol. The minimum absolute atomic E-state index is 0.106. The summed E-state index contributed by atoms with van der Waals surface area (Å²) in [6.45, 7) is 0. The van der Waals surface area contributed by atoms with Crippen molar-refractivity contribution in [3.05, 3.63) is 23.9 Å². The zero-order chi connectivity index (χ0) is 10.0. The van der Waals surface area contributed by atoms with Crippen molar-refractivity contribution in [2.45, 2.75) is 24.8 Å². The van der Waals surface area contributed by atoms with Crippen molar-refractivity contribution in [1.29, 1.82) is 0 Å². The lowest BCUT2D eigenvalue weighted by Crippen LogP contribution is -2.46. The van der Waals surface area contributed by atoms with Crippen molar-refractivity contribution >= 4 is 0 Å². The van der Waals surface area contributed by atoms with Gasteiger partial charge in [-0.25, -0.2) is 4.98 Å². The Morgan fingerprint density at radius 3 is 2.71 bits per heavy atom. The van der Waals surface area contributed by atoms with Crippen molar-refractivity contribution < 1.29 is 4.74 Å². The zero-order valence-corrected chi connectivity index (χ0v) is 8.71. The van der Waals surface area contributed by atoms with Crippen molar-refractivity contribution in [2.75, 3.05) is 14.2 Å². The number of rotatable bonds is 3. The first kappa shape index (κ1) is 9.46. The third kappa shape index (κ3) is 1.38. The summed E-state index contributed by atoms with van der Waals surface area (Å²) in [5.41, 5.74) is 1.21. The third-order valence-electron chi connectivity index (χ3n) is 3.11. The van der Waals surface area contributed by atoms with Crippen LogP contribution in [0.15, 0.2) is 18.2 Å². The van der Waals surface area contributed by atoms with Crippen LogP contribution in [0.3, 0.4) is 0 Å². The molecule has 14 heavy (non-hydrogen) atoms. The van der Waals surface area contributed by atoms with Crippen LogP contribution in [0.1, 0.15) is 25.0 Å². The summed E-state index contributed by atoms with van der Waals surface area (Å²) in [5, 5.41) is 3.36. The van der Waals surface area contributed by atoms with E-state index in [9.17, 15) is 0 Å². The Balaban J connectivity index is 2.30. The Morgan fingerprint density at radius 1 is 1.43 bits per heavy atom. The van der Waals surface area contributed by atoms with Crippen LogP contribution in [0.4, 0.5) is 0 Å². The van der Waals surface area contributed by atoms with Crippen LogP contribution in [0, 0.1) is 0 Å². The second kappa shape index (κ2) is 3.58. The average Bonchev–Trinajstić information content (AvgIpc) is 2.18. The fourth-order valence-electron chi connectivity index (χ4n) is 1.96. The largest absolute Gasteiger partial charge is 0.481 e. The van der Waals surface area contributed by atoms with Gasteiger partial charge in [-0.15, -0.1) is 0 Å². The highest BCUT2D eigenvalue weighted by molar-refractivity contribution is 5.24. The van der Waals surface area contributed by atoms with E-state index in [1.54, 1.807) is 7.11 Å². The van der Waals surface area contributed by atoms with E-state index in [-0.39, 0.29) is 5.54 Å². The molecule has 0 bridgehead atoms. The first-order chi connectivity index (χ1) is 6.80. The maximum Gasteiger partial charge on any atom is 0.213 e. The molecule has 0 radical (unpaired) electrons. The van der Waals surface area contributed by atoms with Crippen LogP contribution in [0.5, 0.6) is 5.88 Å². The van der Waals surface area contributed by atoms with Gasteiger partial charge in [0.25, 0.3) is 0 Å². The van der Waals surface area contributed by atoms with Gasteiger partial charge in [-0.1, -0.05) is 6.07 Å². The van der Waals surface area contributed by atoms with Gasteiger partial charge in [0, 0.05) is 6.07 Å². The van der Waals surface area contributed by atoms with Crippen LogP contribution in [0.2, 0.25) is 0 Å². The molecule has 0 spiro atoms. The molecule has 1 saturated carbocycles. The number of pyridine rings is 1. The van der Waals surface area contributed by atoms with Crippen LogP contribution < -0.4 is 10.1 Å². The molecular weight excluding hydrogens is 176 g/mol. The molecule has 3 heteroatoms. The smallest absolute Gasteiger partial charge is 0.213 e. The Morgan fingerprint density at radius 2 is 2.21 bits per heavy atom. The van der Waals surface area contributed by atoms with Crippen molar-refractivity contribution in [1.82, 2.24) is 10.3 Å². The molecule has 1 aromatic heterocycles. The predicted molar refractivity (Wildman–Crippen MR) is 55.4 cm³/mol. The first-order valence-corrected chi connectivity index (χ1v) is 5.01. The molecule has 0 saturated heterocycles. The molecule has 0 aromatic carbocycles. The van der Waals surface area contributed by atoms with E-state index in [1.807, 2.05) is 19.2 Å². The molecule has 1 fully saturated rings. The fraction of sp³-hybridized carbons (Fsp3) is 0.545. The number of hydrogen-bond acceptors (Lipinski definition) is 3. The standard InChI is InChI=1S/C11H16N2O/c1-12-11(7-4-8-11)9-5-3-6-10(13-9)14-2/h3,5-6,12H,4,7-8H2,1-2H3. The minimum atomic E-state index is 0.106. The van der Waals surface area contributed by atoms with Crippen molar-refractivity contribution in [2.24, 2.45) is 0 Å². The van der Waals surface area contributed by atoms with E-state index in [1.165, 1.54) is 19.3 Å². The zero-order valence-electron chi connectivity index (χ0n) is 8.71. The number of aromatic nitrogens is 1. The quantitative estimate of drug-likeness (QED) is 0.791. The summed E-state index contributed by atoms with van der Waals surface area (Å²) >= 11 is 0. The second-order valence-electron chi connectivity index (χ2n) is 3.75. The SMILES string of the molecule is CNC1(c2cccc(OC)n2)CCC1. The number of hydrogen-bond donors (Lipinski definition) is 1. The molecule has 0 atom stereocenters. The van der Waals surface area contributed by atoms with Crippen molar-refractivity contribution in [3.8, 4) is 5.88 Å². The molecule has 1 aliphatic carbocycles. The van der Waals surface area contributed by atoms with Gasteiger partial charge in [0.15, 0.2) is 0 Å². The van der Waals surface area contributed by atoms with Crippen LogP contribution in [-0.4, -0.2) is 19.1 Å². The van der Waals surface area contributed by atoms with Crippen LogP contribution in [-0.2, 0) is 5.54 Å². The number of methoxy groups -OCH3 is 1. The number of nitrogens with zero attached hydrogens (tertiary/aromatic N) is 1. The molecule has 0 aliphatic heterocycles. The summed E-state index contributed by atoms with van der Waals surface area (Å²) < 4.78 is 5.12. The Kier molecular flexibility index (Phi) is 2.42. The van der Waals surface area contributed by atoms with Gasteiger partial charge in [0.1, 0.15) is 0 Å². The van der Waals surface area contributed by atoms with Crippen LogP contribution >= 0.6 is 0 Å². The highest BCUT2D eigenvalue weighted by Gasteiger charge is 2.38. The van der Waals surface area contributed by atoms with Gasteiger partial charge in [0.05, 0.1) is 18.3 Å². The molecule has 1 N–H and O–H groups in total. The van der Waals surface area contributed by atoms with Gasteiger partial charge in [-0.05, 0) is 32.4 Å². The van der Waals surface area contributed by atoms with Crippen molar-refractivity contribution in [3.63, 3.8) is 0 Å². The van der Waals surface area contributed by atoms with Crippen LogP contribution in [0.25, 0.3) is 0 Å². The lowest BCUT2D eigenvalue weighted by Gasteiger charge is -2.41. The second-order valence-corrected chi connectivity index (χ2v) is 3.75. The Hall–Kier alpha value is -1.09. The lowest BCUT2D eigenvalue weighted by molar-refractivity contribution is 0.193. The normalized spacial score (nSPS) is 18.7. The van der Waals surface area contributed by atoms with E-state index in [0.717, 1.165) is 5.69 Å². The molecule has 2 rings (SSSR count). The number of nitrogens with one attached hydrogen (secondary N) is 1. The van der Waals surface area contributed by atoms with Gasteiger partial charge < -0.3 is 10.1 Å². The topological polar surface area (TPSA) is 34.1 Å². The van der Waals surface area contributed by atoms with E-state index in [2.05, 4.69) is 16.4 Å². The summed E-state index contributed by atoms with van der Waals surface area (Å²) in [4.78, 5) is 4.47. The van der Waals surface area contributed by atoms with E-state index in [4.69, 9.17) is 4.74 Å². The lowest BCUT2D eigenvalue weighted by atomic mass is 9.74. The molecule has 3 nitrogen and oxygen atoms in total. The molecule has 0 amide bonds. The summed E-state index contributed by atoms with van der Waals surface area (Å²) in [7, 11) is 3.65. The van der Waals surface area contributed by atoms with Gasteiger partial charge in [-0.3, -0.25) is 0 Å². The summed E-state index contributed by atoms with van der Waals surface area (Å²) in [5.74, 6) is 0.698. The number of ether oxygens (including phenoxy) is 1. The first-order valence-electron chi connectivity index (χ1n) is 5.01. The molecular formula is C11H16N2O. The van der Waals surface area contributed by atoms with Gasteiger partial charge >= 0.3 is 0 Å². The summed E-state index contributed by atoms with van der Waals surface area (Å²) in [6, 6.07) is 5.95. The highest BCUT2D eigenvalue weighted by atomic mass is 16.5. The van der Waals surface area contributed by atoms with Gasteiger partial charge in [0.2, 0.25) is 5.88 Å².